The lowest BCUT2D eigenvalue weighted by Crippen LogP contribution is -2.30. The molecule has 0 fully saturated rings. The van der Waals surface area contributed by atoms with E-state index in [0.717, 1.165) is 167 Å². The molecule has 0 heterocycles. The Morgan fingerprint density at radius 2 is 0.490 bits per heavy atom. The van der Waals surface area contributed by atoms with Crippen LogP contribution in [0.2, 0.25) is 0 Å². The normalized spacial score (nSPS) is 14.3. The van der Waals surface area contributed by atoms with Crippen molar-refractivity contribution in [2.45, 2.75) is 380 Å². The van der Waals surface area contributed by atoms with Crippen LogP contribution in [0.3, 0.4) is 0 Å². The van der Waals surface area contributed by atoms with Crippen molar-refractivity contribution in [1.82, 2.24) is 0 Å². The summed E-state index contributed by atoms with van der Waals surface area (Å²) in [5.74, 6) is -2.24. The molecule has 0 aromatic rings. The van der Waals surface area contributed by atoms with Gasteiger partial charge in [-0.2, -0.15) is 0 Å². The molecule has 3 N–H and O–H groups in total. The van der Waals surface area contributed by atoms with Gasteiger partial charge in [-0.15, -0.1) is 0 Å². The third-order valence-corrected chi connectivity index (χ3v) is 19.2. The average molecular weight is 1480 g/mol. The van der Waals surface area contributed by atoms with Gasteiger partial charge in [0.2, 0.25) is 0 Å². The fourth-order valence-corrected chi connectivity index (χ4v) is 12.6. The standard InChI is InChI=1S/C83H148O17P2/c1-5-9-13-17-21-25-29-33-37-38-42-44-48-52-56-60-64-68-81(86)94-74-79(100-83(88)70-66-62-58-54-50-46-41-36-32-28-24-20-16-12-8-4)76-98-102(91,92)96-72-77(84)71-95-101(89,90)97-75-78(99-82(87)69-65-61-57-53-49-45-40-35-31-27-23-19-15-11-7-3)73-93-80(85)67-63-59-55-51-47-43-39-34-30-26-22-18-14-10-6-2/h21,25,27-28,31-34,37,39,42,44,52,56,77-79,84H,5-20,22-24,26,29-30,35-36,38,40-41,43,45-51,53-55,57-76H2,1-4H3,(H,89,90)(H,91,92)/b25-21-,31-27-,32-28-,37-33-,39-34-,44-42-,56-52-/t77-,78+,79+/m0/s1. The molecular formula is C83H148O17P2. The first-order valence-corrected chi connectivity index (χ1v) is 43.8. The number of ether oxygens (including phenoxy) is 4. The highest BCUT2D eigenvalue weighted by Gasteiger charge is 2.30. The largest absolute Gasteiger partial charge is 0.472 e. The minimum atomic E-state index is -4.99. The number of carbonyl (C=O) groups is 4. The Hall–Kier alpha value is -3.76. The molecule has 102 heavy (non-hydrogen) atoms. The maximum atomic E-state index is 13.1. The molecule has 17 nitrogen and oxygen atoms in total. The lowest BCUT2D eigenvalue weighted by atomic mass is 10.1. The Balaban J connectivity index is 5.40. The average Bonchev–Trinajstić information content (AvgIpc) is 0.923. The summed E-state index contributed by atoms with van der Waals surface area (Å²) < 4.78 is 68.6. The molecule has 2 unspecified atom stereocenters. The van der Waals surface area contributed by atoms with Crippen molar-refractivity contribution in [2.75, 3.05) is 39.6 Å². The predicted molar refractivity (Wildman–Crippen MR) is 418 cm³/mol. The Kier molecular flexibility index (Phi) is 72.7. The number of rotatable bonds is 77. The third-order valence-electron chi connectivity index (χ3n) is 17.3. The molecule has 0 aromatic heterocycles. The van der Waals surface area contributed by atoms with Gasteiger partial charge in [-0.3, -0.25) is 37.3 Å². The molecular weight excluding hydrogens is 1330 g/mol. The minimum Gasteiger partial charge on any atom is -0.462 e. The lowest BCUT2D eigenvalue weighted by Gasteiger charge is -2.21. The van der Waals surface area contributed by atoms with E-state index in [0.29, 0.717) is 32.1 Å². The van der Waals surface area contributed by atoms with Crippen molar-refractivity contribution in [3.63, 3.8) is 0 Å². The Labute approximate surface area is 621 Å². The van der Waals surface area contributed by atoms with Crippen molar-refractivity contribution < 1.29 is 80.2 Å². The van der Waals surface area contributed by atoms with E-state index in [1.165, 1.54) is 109 Å². The number of allylic oxidation sites excluding steroid dienone is 14. The Bertz CT molecular complexity index is 2260. The smallest absolute Gasteiger partial charge is 0.462 e. The number of phosphoric acid groups is 2. The van der Waals surface area contributed by atoms with Crippen LogP contribution in [0.25, 0.3) is 0 Å². The van der Waals surface area contributed by atoms with Gasteiger partial charge in [-0.05, 0) is 141 Å². The highest BCUT2D eigenvalue weighted by Crippen LogP contribution is 2.45. The second-order valence-corrected chi connectivity index (χ2v) is 30.3. The first-order valence-electron chi connectivity index (χ1n) is 40.8. The molecule has 592 valence electrons. The van der Waals surface area contributed by atoms with E-state index in [-0.39, 0.29) is 25.7 Å². The van der Waals surface area contributed by atoms with E-state index in [2.05, 4.69) is 101 Å². The fourth-order valence-electron chi connectivity index (χ4n) is 11.0. The summed E-state index contributed by atoms with van der Waals surface area (Å²) in [6.07, 6.45) is 78.4. The van der Waals surface area contributed by atoms with Gasteiger partial charge in [-0.1, -0.05) is 280 Å². The maximum absolute atomic E-state index is 13.1. The molecule has 0 aliphatic carbocycles. The molecule has 0 rings (SSSR count). The van der Waals surface area contributed by atoms with E-state index >= 15 is 0 Å². The molecule has 0 spiro atoms. The van der Waals surface area contributed by atoms with E-state index in [9.17, 15) is 43.2 Å². The van der Waals surface area contributed by atoms with E-state index < -0.39 is 97.5 Å². The van der Waals surface area contributed by atoms with Crippen LogP contribution >= 0.6 is 15.6 Å². The van der Waals surface area contributed by atoms with Gasteiger partial charge >= 0.3 is 39.5 Å². The minimum absolute atomic E-state index is 0.0797. The molecule has 5 atom stereocenters. The first-order chi connectivity index (χ1) is 49.7. The van der Waals surface area contributed by atoms with Crippen molar-refractivity contribution in [3.05, 3.63) is 85.1 Å². The SMILES string of the molecule is CCCCC/C=C\C/C=C\C/C=C\C/C=C\CCCC(=O)OC[C@H](COP(=O)(O)OC[C@@H](O)COP(=O)(O)OC[C@@H](COC(=O)CCCCCCC/C=C\CCCCCCCC)OC(=O)CCCCCCCCC/C=C\CCCCCC)OC(=O)CCCCCCCCC/C=C\CCCCCC. The number of hydrogen-bond donors (Lipinski definition) is 3. The van der Waals surface area contributed by atoms with Gasteiger partial charge in [0.1, 0.15) is 19.3 Å². The number of aliphatic hydroxyl groups is 1. The van der Waals surface area contributed by atoms with Gasteiger partial charge in [0.05, 0.1) is 26.4 Å². The molecule has 0 bridgehead atoms. The Morgan fingerprint density at radius 1 is 0.275 bits per heavy atom. The van der Waals surface area contributed by atoms with Gasteiger partial charge in [-0.25, -0.2) is 9.13 Å². The summed E-state index contributed by atoms with van der Waals surface area (Å²) in [6.45, 7) is 4.79. The summed E-state index contributed by atoms with van der Waals surface area (Å²) in [7, 11) is -9.97. The topological polar surface area (TPSA) is 237 Å². The van der Waals surface area contributed by atoms with Gasteiger partial charge < -0.3 is 33.8 Å². The van der Waals surface area contributed by atoms with Crippen LogP contribution in [-0.2, 0) is 65.4 Å². The molecule has 19 heteroatoms. The van der Waals surface area contributed by atoms with Crippen molar-refractivity contribution in [3.8, 4) is 0 Å². The molecule has 0 saturated carbocycles. The number of unbranched alkanes of at least 4 members (excludes halogenated alkanes) is 37. The van der Waals surface area contributed by atoms with Gasteiger partial charge in [0.15, 0.2) is 12.2 Å². The Morgan fingerprint density at radius 3 is 0.814 bits per heavy atom. The number of aliphatic hydroxyl groups excluding tert-OH is 1. The van der Waals surface area contributed by atoms with E-state index in [1.54, 1.807) is 0 Å². The summed E-state index contributed by atoms with van der Waals surface area (Å²) in [5.41, 5.74) is 0. The summed E-state index contributed by atoms with van der Waals surface area (Å²) >= 11 is 0. The van der Waals surface area contributed by atoms with Crippen LogP contribution < -0.4 is 0 Å². The van der Waals surface area contributed by atoms with Gasteiger partial charge in [0.25, 0.3) is 0 Å². The monoisotopic (exact) mass is 1480 g/mol. The van der Waals surface area contributed by atoms with Crippen LogP contribution in [0.1, 0.15) is 362 Å². The van der Waals surface area contributed by atoms with Crippen LogP contribution in [0.15, 0.2) is 85.1 Å². The number of hydrogen-bond acceptors (Lipinski definition) is 15. The van der Waals surface area contributed by atoms with Crippen LogP contribution in [0.5, 0.6) is 0 Å². The zero-order chi connectivity index (χ0) is 74.6. The highest BCUT2D eigenvalue weighted by molar-refractivity contribution is 7.47. The van der Waals surface area contributed by atoms with Crippen molar-refractivity contribution in [2.24, 2.45) is 0 Å². The lowest BCUT2D eigenvalue weighted by molar-refractivity contribution is -0.161. The fraction of sp³-hybridized carbons (Fsp3) is 0.783. The molecule has 0 saturated heterocycles. The van der Waals surface area contributed by atoms with Crippen LogP contribution in [-0.4, -0.2) is 96.7 Å². The summed E-state index contributed by atoms with van der Waals surface area (Å²) in [6, 6.07) is 0. The number of esters is 4. The summed E-state index contributed by atoms with van der Waals surface area (Å²) in [4.78, 5) is 73.0. The highest BCUT2D eigenvalue weighted by atomic mass is 31.2. The third kappa shape index (κ3) is 74.5. The van der Waals surface area contributed by atoms with Crippen molar-refractivity contribution >= 4 is 39.5 Å². The van der Waals surface area contributed by atoms with Crippen LogP contribution in [0.4, 0.5) is 0 Å². The second kappa shape index (κ2) is 75.5. The first kappa shape index (κ1) is 98.2. The van der Waals surface area contributed by atoms with Gasteiger partial charge in [0, 0.05) is 25.7 Å². The van der Waals surface area contributed by atoms with Crippen LogP contribution in [0, 0.1) is 0 Å². The zero-order valence-electron chi connectivity index (χ0n) is 64.8. The second-order valence-electron chi connectivity index (χ2n) is 27.3. The number of carbonyl (C=O) groups excluding carboxylic acids is 4. The van der Waals surface area contributed by atoms with E-state index in [4.69, 9.17) is 37.0 Å². The summed E-state index contributed by atoms with van der Waals surface area (Å²) in [5, 5.41) is 10.6. The maximum Gasteiger partial charge on any atom is 0.472 e. The molecule has 0 aliphatic heterocycles. The molecule has 0 amide bonds. The number of phosphoric ester groups is 2. The molecule has 0 aromatic carbocycles. The van der Waals surface area contributed by atoms with Crippen molar-refractivity contribution in [1.29, 1.82) is 0 Å². The van der Waals surface area contributed by atoms with E-state index in [1.807, 2.05) is 12.2 Å². The zero-order valence-corrected chi connectivity index (χ0v) is 66.6. The quantitative estimate of drug-likeness (QED) is 0.0169. The molecule has 0 radical (unpaired) electrons. The molecule has 0 aliphatic rings. The predicted octanol–water partition coefficient (Wildman–Crippen LogP) is 23.8.